The molecule has 0 aliphatic carbocycles. The predicted octanol–water partition coefficient (Wildman–Crippen LogP) is 3.27. The van der Waals surface area contributed by atoms with Crippen LogP contribution in [0.25, 0.3) is 0 Å². The third kappa shape index (κ3) is 2.45. The summed E-state index contributed by atoms with van der Waals surface area (Å²) in [5, 5.41) is 0. The van der Waals surface area contributed by atoms with Crippen LogP contribution in [0, 0.1) is 11.6 Å². The number of rotatable bonds is 2. The van der Waals surface area contributed by atoms with Crippen molar-refractivity contribution in [1.82, 2.24) is 0 Å². The van der Waals surface area contributed by atoms with Crippen LogP contribution in [0.15, 0.2) is 40.9 Å². The Bertz CT molecular complexity index is 736. The molecule has 3 rings (SSSR count). The zero-order chi connectivity index (χ0) is 15.1. The summed E-state index contributed by atoms with van der Waals surface area (Å²) in [4.78, 5) is 13.7. The van der Waals surface area contributed by atoms with Gasteiger partial charge in [-0.1, -0.05) is 6.07 Å². The van der Waals surface area contributed by atoms with Crippen molar-refractivity contribution in [2.75, 3.05) is 4.90 Å². The number of carbonyl (C=O) groups is 1. The number of nitrogens with two attached hydrogens (primary N) is 1. The first-order valence-corrected chi connectivity index (χ1v) is 7.07. The van der Waals surface area contributed by atoms with E-state index in [1.54, 1.807) is 12.1 Å². The van der Waals surface area contributed by atoms with Gasteiger partial charge in [0, 0.05) is 11.3 Å². The monoisotopic (exact) mass is 352 g/mol. The maximum Gasteiger partial charge on any atom is 0.248 e. The lowest BCUT2D eigenvalue weighted by atomic mass is 10.1. The van der Waals surface area contributed by atoms with E-state index in [0.717, 1.165) is 5.56 Å². The first-order valence-electron chi connectivity index (χ1n) is 6.27. The molecule has 0 aromatic heterocycles. The first-order chi connectivity index (χ1) is 9.97. The summed E-state index contributed by atoms with van der Waals surface area (Å²) in [6, 6.07) is 7.77. The molecule has 2 aromatic carbocycles. The van der Waals surface area contributed by atoms with Crippen LogP contribution in [0.5, 0.6) is 0 Å². The highest BCUT2D eigenvalue weighted by molar-refractivity contribution is 9.10. The maximum absolute atomic E-state index is 13.3. The molecule has 0 saturated carbocycles. The lowest BCUT2D eigenvalue weighted by Crippen LogP contribution is -2.31. The second-order valence-corrected chi connectivity index (χ2v) is 5.71. The Balaban J connectivity index is 1.96. The van der Waals surface area contributed by atoms with E-state index in [1.807, 2.05) is 0 Å². The number of nitrogens with zero attached hydrogens (tertiary/aromatic N) is 1. The molecule has 108 valence electrons. The van der Waals surface area contributed by atoms with Gasteiger partial charge in [-0.05, 0) is 51.8 Å². The SMILES string of the molecule is NC1C(=O)N(Cc2ccc(F)c(Br)c2)c2ccc(F)cc21. The van der Waals surface area contributed by atoms with Gasteiger partial charge in [-0.2, -0.15) is 0 Å². The molecule has 0 saturated heterocycles. The number of carbonyl (C=O) groups excluding carboxylic acids is 1. The van der Waals surface area contributed by atoms with E-state index in [-0.39, 0.29) is 18.3 Å². The van der Waals surface area contributed by atoms with Crippen molar-refractivity contribution in [2.24, 2.45) is 5.73 Å². The Kier molecular flexibility index (Phi) is 3.51. The van der Waals surface area contributed by atoms with E-state index in [4.69, 9.17) is 5.73 Å². The Morgan fingerprint density at radius 1 is 1.19 bits per heavy atom. The fourth-order valence-electron chi connectivity index (χ4n) is 2.42. The topological polar surface area (TPSA) is 46.3 Å². The van der Waals surface area contributed by atoms with Crippen LogP contribution >= 0.6 is 15.9 Å². The molecule has 1 aliphatic heterocycles. The van der Waals surface area contributed by atoms with Crippen LogP contribution in [0.2, 0.25) is 0 Å². The summed E-state index contributed by atoms with van der Waals surface area (Å²) < 4.78 is 26.9. The van der Waals surface area contributed by atoms with Gasteiger partial charge in [0.25, 0.3) is 0 Å². The smallest absolute Gasteiger partial charge is 0.248 e. The van der Waals surface area contributed by atoms with Gasteiger partial charge in [-0.15, -0.1) is 0 Å². The molecule has 1 aliphatic rings. The standard InChI is InChI=1S/C15H11BrF2N2O/c16-11-5-8(1-3-12(11)18)7-20-13-4-2-9(17)6-10(13)14(19)15(20)21/h1-6,14H,7,19H2. The lowest BCUT2D eigenvalue weighted by Gasteiger charge is -2.18. The Morgan fingerprint density at radius 3 is 2.67 bits per heavy atom. The third-order valence-electron chi connectivity index (χ3n) is 3.47. The molecule has 1 unspecified atom stereocenters. The van der Waals surface area contributed by atoms with Gasteiger partial charge in [0.2, 0.25) is 5.91 Å². The largest absolute Gasteiger partial charge is 0.316 e. The number of fused-ring (bicyclic) bond motifs is 1. The van der Waals surface area contributed by atoms with Crippen molar-refractivity contribution in [3.63, 3.8) is 0 Å². The van der Waals surface area contributed by atoms with Crippen molar-refractivity contribution in [2.45, 2.75) is 12.6 Å². The predicted molar refractivity (Wildman–Crippen MR) is 78.6 cm³/mol. The summed E-state index contributed by atoms with van der Waals surface area (Å²) in [7, 11) is 0. The van der Waals surface area contributed by atoms with Crippen LogP contribution in [0.4, 0.5) is 14.5 Å². The molecule has 0 spiro atoms. The molecule has 1 heterocycles. The highest BCUT2D eigenvalue weighted by Gasteiger charge is 2.35. The van der Waals surface area contributed by atoms with Crippen LogP contribution in [-0.2, 0) is 11.3 Å². The first kappa shape index (κ1) is 14.2. The summed E-state index contributed by atoms with van der Waals surface area (Å²) in [5.74, 6) is -1.09. The van der Waals surface area contributed by atoms with Gasteiger partial charge in [0.05, 0.1) is 11.0 Å². The number of benzene rings is 2. The number of amides is 1. The van der Waals surface area contributed by atoms with Crippen molar-refractivity contribution in [3.05, 3.63) is 63.6 Å². The van der Waals surface area contributed by atoms with Gasteiger partial charge in [-0.3, -0.25) is 4.79 Å². The minimum atomic E-state index is -0.861. The number of hydrogen-bond donors (Lipinski definition) is 1. The fourth-order valence-corrected chi connectivity index (χ4v) is 2.85. The second-order valence-electron chi connectivity index (χ2n) is 4.85. The van der Waals surface area contributed by atoms with Crippen LogP contribution in [-0.4, -0.2) is 5.91 Å². The van der Waals surface area contributed by atoms with E-state index in [2.05, 4.69) is 15.9 Å². The highest BCUT2D eigenvalue weighted by atomic mass is 79.9. The third-order valence-corrected chi connectivity index (χ3v) is 4.08. The minimum absolute atomic E-state index is 0.254. The fraction of sp³-hybridized carbons (Fsp3) is 0.133. The molecular formula is C15H11BrF2N2O. The van der Waals surface area contributed by atoms with Gasteiger partial charge in [-0.25, -0.2) is 8.78 Å². The molecule has 0 fully saturated rings. The zero-order valence-corrected chi connectivity index (χ0v) is 12.4. The van der Waals surface area contributed by atoms with Gasteiger partial charge in [0.1, 0.15) is 17.7 Å². The van der Waals surface area contributed by atoms with Crippen molar-refractivity contribution in [3.8, 4) is 0 Å². The Hall–Kier alpha value is -1.79. The van der Waals surface area contributed by atoms with E-state index in [1.165, 1.54) is 29.2 Å². The molecule has 6 heteroatoms. The van der Waals surface area contributed by atoms with Crippen LogP contribution < -0.4 is 10.6 Å². The molecule has 21 heavy (non-hydrogen) atoms. The molecule has 3 nitrogen and oxygen atoms in total. The normalized spacial score (nSPS) is 17.2. The van der Waals surface area contributed by atoms with Gasteiger partial charge in [0.15, 0.2) is 0 Å². The van der Waals surface area contributed by atoms with Crippen molar-refractivity contribution >= 4 is 27.5 Å². The molecule has 0 bridgehead atoms. The average molecular weight is 353 g/mol. The molecule has 2 N–H and O–H groups in total. The number of halogens is 3. The van der Waals surface area contributed by atoms with E-state index < -0.39 is 11.9 Å². The molecule has 2 aromatic rings. The zero-order valence-electron chi connectivity index (χ0n) is 10.8. The highest BCUT2D eigenvalue weighted by Crippen LogP contribution is 2.36. The van der Waals surface area contributed by atoms with Crippen molar-refractivity contribution < 1.29 is 13.6 Å². The van der Waals surface area contributed by atoms with E-state index in [9.17, 15) is 13.6 Å². The quantitative estimate of drug-likeness (QED) is 0.901. The Labute approximate surface area is 128 Å². The van der Waals surface area contributed by atoms with Gasteiger partial charge < -0.3 is 10.6 Å². The molecule has 1 atom stereocenters. The van der Waals surface area contributed by atoms with Crippen molar-refractivity contribution in [1.29, 1.82) is 0 Å². The van der Waals surface area contributed by atoms with E-state index in [0.29, 0.717) is 15.7 Å². The average Bonchev–Trinajstić information content (AvgIpc) is 2.68. The summed E-state index contributed by atoms with van der Waals surface area (Å²) in [6.07, 6.45) is 0. The van der Waals surface area contributed by atoms with Gasteiger partial charge >= 0.3 is 0 Å². The number of anilines is 1. The maximum atomic E-state index is 13.3. The molecule has 1 amide bonds. The molecule has 0 radical (unpaired) electrons. The second kappa shape index (κ2) is 5.20. The van der Waals surface area contributed by atoms with Crippen LogP contribution in [0.3, 0.4) is 0 Å². The number of hydrogen-bond acceptors (Lipinski definition) is 2. The summed E-state index contributed by atoms with van der Waals surface area (Å²) >= 11 is 3.11. The summed E-state index contributed by atoms with van der Waals surface area (Å²) in [6.45, 7) is 0.254. The minimum Gasteiger partial charge on any atom is -0.316 e. The van der Waals surface area contributed by atoms with E-state index >= 15 is 0 Å². The molecular weight excluding hydrogens is 342 g/mol. The summed E-state index contributed by atoms with van der Waals surface area (Å²) in [5.41, 5.74) is 7.65. The Morgan fingerprint density at radius 2 is 1.95 bits per heavy atom. The van der Waals surface area contributed by atoms with Crippen LogP contribution in [0.1, 0.15) is 17.2 Å². The lowest BCUT2D eigenvalue weighted by molar-refractivity contribution is -0.119.